The summed E-state index contributed by atoms with van der Waals surface area (Å²) in [7, 11) is 2.12. The van der Waals surface area contributed by atoms with Gasteiger partial charge < -0.3 is 5.73 Å². The molecule has 1 aromatic carbocycles. The molecule has 2 nitrogen and oxygen atoms in total. The van der Waals surface area contributed by atoms with E-state index in [1.54, 1.807) is 0 Å². The van der Waals surface area contributed by atoms with Crippen LogP contribution < -0.4 is 5.73 Å². The van der Waals surface area contributed by atoms with Crippen LogP contribution in [0, 0.1) is 0 Å². The third kappa shape index (κ3) is 4.14. The van der Waals surface area contributed by atoms with E-state index in [4.69, 9.17) is 17.3 Å². The molecule has 1 aromatic rings. The van der Waals surface area contributed by atoms with Crippen molar-refractivity contribution in [2.75, 3.05) is 25.6 Å². The maximum Gasteiger partial charge on any atom is 0.0551 e. The summed E-state index contributed by atoms with van der Waals surface area (Å²) >= 11 is 11.4. The maximum atomic E-state index is 6.15. The lowest BCUT2D eigenvalue weighted by molar-refractivity contribution is 0.204. The van der Waals surface area contributed by atoms with Gasteiger partial charge in [-0.2, -0.15) is 11.8 Å². The molecule has 18 heavy (non-hydrogen) atoms. The van der Waals surface area contributed by atoms with Crippen LogP contribution in [0.2, 0.25) is 5.02 Å². The molecule has 1 rings (SSSR count). The number of hydrogen-bond acceptors (Lipinski definition) is 3. The van der Waals surface area contributed by atoms with Crippen LogP contribution in [0.4, 0.5) is 0 Å². The Labute approximate surface area is 127 Å². The second-order valence-electron chi connectivity index (χ2n) is 4.39. The molecule has 0 amide bonds. The lowest BCUT2D eigenvalue weighted by atomic mass is 10.0. The van der Waals surface area contributed by atoms with Crippen molar-refractivity contribution in [3.8, 4) is 0 Å². The van der Waals surface area contributed by atoms with Gasteiger partial charge in [-0.25, -0.2) is 0 Å². The number of rotatable bonds is 6. The molecule has 0 aliphatic heterocycles. The first kappa shape index (κ1) is 16.3. The second kappa shape index (κ2) is 7.75. The minimum atomic E-state index is 0.206. The van der Waals surface area contributed by atoms with Crippen molar-refractivity contribution in [2.24, 2.45) is 5.73 Å². The molecule has 2 atom stereocenters. The summed E-state index contributed by atoms with van der Waals surface area (Å²) in [5, 5.41) is 0.733. The second-order valence-corrected chi connectivity index (χ2v) is 6.57. The Balaban J connectivity index is 2.91. The topological polar surface area (TPSA) is 29.3 Å². The monoisotopic (exact) mass is 350 g/mol. The summed E-state index contributed by atoms with van der Waals surface area (Å²) in [4.78, 5) is 2.32. The Kier molecular flexibility index (Phi) is 7.03. The van der Waals surface area contributed by atoms with Gasteiger partial charge in [0.25, 0.3) is 0 Å². The van der Waals surface area contributed by atoms with E-state index < -0.39 is 0 Å². The number of halogens is 2. The van der Waals surface area contributed by atoms with E-state index >= 15 is 0 Å². The summed E-state index contributed by atoms with van der Waals surface area (Å²) in [5.41, 5.74) is 7.09. The van der Waals surface area contributed by atoms with Crippen LogP contribution in [0.1, 0.15) is 18.5 Å². The SMILES string of the molecule is CSCC(C)N(C)C(CN)c1ccc(Br)c(Cl)c1. The van der Waals surface area contributed by atoms with Gasteiger partial charge in [-0.1, -0.05) is 17.7 Å². The fourth-order valence-corrected chi connectivity index (χ4v) is 3.08. The summed E-state index contributed by atoms with van der Waals surface area (Å²) in [6, 6.07) is 6.74. The normalized spacial score (nSPS) is 14.8. The van der Waals surface area contributed by atoms with Crippen molar-refractivity contribution in [1.82, 2.24) is 4.90 Å². The predicted molar refractivity (Wildman–Crippen MR) is 86.6 cm³/mol. The number of likely N-dealkylation sites (N-methyl/N-ethyl adjacent to an activating group) is 1. The molecule has 5 heteroatoms. The Bertz CT molecular complexity index is 389. The smallest absolute Gasteiger partial charge is 0.0551 e. The van der Waals surface area contributed by atoms with E-state index in [2.05, 4.69) is 47.1 Å². The van der Waals surface area contributed by atoms with Gasteiger partial charge in [-0.3, -0.25) is 4.90 Å². The predicted octanol–water partition coefficient (Wildman–Crippen LogP) is 3.79. The number of nitrogens with two attached hydrogens (primary N) is 1. The van der Waals surface area contributed by atoms with E-state index in [0.717, 1.165) is 15.2 Å². The van der Waals surface area contributed by atoms with Gasteiger partial charge in [-0.15, -0.1) is 0 Å². The van der Waals surface area contributed by atoms with E-state index in [1.807, 2.05) is 23.9 Å². The highest BCUT2D eigenvalue weighted by atomic mass is 79.9. The largest absolute Gasteiger partial charge is 0.329 e. The molecule has 0 saturated heterocycles. The summed E-state index contributed by atoms with van der Waals surface area (Å²) in [6.07, 6.45) is 2.12. The highest BCUT2D eigenvalue weighted by molar-refractivity contribution is 9.10. The molecular weight excluding hydrogens is 332 g/mol. The van der Waals surface area contributed by atoms with Crippen molar-refractivity contribution >= 4 is 39.3 Å². The molecule has 2 N–H and O–H groups in total. The van der Waals surface area contributed by atoms with Crippen molar-refractivity contribution in [2.45, 2.75) is 19.0 Å². The number of thioether (sulfide) groups is 1. The van der Waals surface area contributed by atoms with E-state index in [1.165, 1.54) is 5.56 Å². The van der Waals surface area contributed by atoms with Crippen molar-refractivity contribution in [3.05, 3.63) is 33.3 Å². The number of benzene rings is 1. The average molecular weight is 352 g/mol. The van der Waals surface area contributed by atoms with Crippen molar-refractivity contribution in [3.63, 3.8) is 0 Å². The highest BCUT2D eigenvalue weighted by Crippen LogP contribution is 2.28. The molecule has 0 fully saturated rings. The zero-order valence-corrected chi connectivity index (χ0v) is 14.1. The molecule has 102 valence electrons. The van der Waals surface area contributed by atoms with Gasteiger partial charge in [0.15, 0.2) is 0 Å². The van der Waals surface area contributed by atoms with E-state index in [9.17, 15) is 0 Å². The van der Waals surface area contributed by atoms with Gasteiger partial charge in [-0.05, 0) is 53.9 Å². The van der Waals surface area contributed by atoms with Crippen LogP contribution in [0.3, 0.4) is 0 Å². The average Bonchev–Trinajstić information content (AvgIpc) is 2.34. The fourth-order valence-electron chi connectivity index (χ4n) is 1.92. The van der Waals surface area contributed by atoms with Crippen LogP contribution in [0.25, 0.3) is 0 Å². The van der Waals surface area contributed by atoms with Crippen LogP contribution in [0.5, 0.6) is 0 Å². The molecule has 0 aromatic heterocycles. The maximum absolute atomic E-state index is 6.15. The third-order valence-corrected chi connectivity index (χ3v) is 5.19. The molecule has 0 radical (unpaired) electrons. The Morgan fingerprint density at radius 3 is 2.67 bits per heavy atom. The first-order chi connectivity index (χ1) is 8.51. The van der Waals surface area contributed by atoms with Crippen LogP contribution in [-0.2, 0) is 0 Å². The highest BCUT2D eigenvalue weighted by Gasteiger charge is 2.20. The molecule has 0 bridgehead atoms. The van der Waals surface area contributed by atoms with Crippen LogP contribution >= 0.6 is 39.3 Å². The molecule has 0 saturated carbocycles. The van der Waals surface area contributed by atoms with E-state index in [0.29, 0.717) is 12.6 Å². The standard InChI is InChI=1S/C13H20BrClN2S/c1-9(8-18-3)17(2)13(7-16)10-4-5-11(14)12(15)6-10/h4-6,9,13H,7-8,16H2,1-3H3. The third-order valence-electron chi connectivity index (χ3n) is 3.15. The minimum absolute atomic E-state index is 0.206. The molecule has 0 aliphatic rings. The van der Waals surface area contributed by atoms with Gasteiger partial charge in [0, 0.05) is 28.9 Å². The quantitative estimate of drug-likeness (QED) is 0.845. The lowest BCUT2D eigenvalue weighted by Gasteiger charge is -2.32. The lowest BCUT2D eigenvalue weighted by Crippen LogP contribution is -2.38. The molecule has 2 unspecified atom stereocenters. The van der Waals surface area contributed by atoms with Crippen molar-refractivity contribution in [1.29, 1.82) is 0 Å². The first-order valence-corrected chi connectivity index (χ1v) is 8.43. The summed E-state index contributed by atoms with van der Waals surface area (Å²) < 4.78 is 0.920. The van der Waals surface area contributed by atoms with Gasteiger partial charge in [0.1, 0.15) is 0 Å². The Morgan fingerprint density at radius 2 is 2.17 bits per heavy atom. The van der Waals surface area contributed by atoms with Gasteiger partial charge in [0.2, 0.25) is 0 Å². The summed E-state index contributed by atoms with van der Waals surface area (Å²) in [5.74, 6) is 1.09. The number of hydrogen-bond donors (Lipinski definition) is 1. The van der Waals surface area contributed by atoms with Gasteiger partial charge >= 0.3 is 0 Å². The van der Waals surface area contributed by atoms with Crippen LogP contribution in [0.15, 0.2) is 22.7 Å². The minimum Gasteiger partial charge on any atom is -0.329 e. The van der Waals surface area contributed by atoms with E-state index in [-0.39, 0.29) is 6.04 Å². The Morgan fingerprint density at radius 1 is 1.50 bits per heavy atom. The number of nitrogens with zero attached hydrogens (tertiary/aromatic N) is 1. The fraction of sp³-hybridized carbons (Fsp3) is 0.538. The zero-order valence-electron chi connectivity index (χ0n) is 11.0. The molecule has 0 aliphatic carbocycles. The molecule has 0 spiro atoms. The first-order valence-electron chi connectivity index (χ1n) is 5.87. The van der Waals surface area contributed by atoms with Crippen LogP contribution in [-0.4, -0.2) is 36.5 Å². The Hall–Kier alpha value is 0.260. The molecular formula is C13H20BrClN2S. The summed E-state index contributed by atoms with van der Waals surface area (Å²) in [6.45, 7) is 2.81. The van der Waals surface area contributed by atoms with Crippen molar-refractivity contribution < 1.29 is 0 Å². The van der Waals surface area contributed by atoms with Gasteiger partial charge in [0.05, 0.1) is 5.02 Å². The zero-order chi connectivity index (χ0) is 13.7. The molecule has 0 heterocycles.